The van der Waals surface area contributed by atoms with Gasteiger partial charge in [0.05, 0.1) is 29.0 Å². The Bertz CT molecular complexity index is 1110. The van der Waals surface area contributed by atoms with Gasteiger partial charge in [-0.25, -0.2) is 13.5 Å². The van der Waals surface area contributed by atoms with Crippen molar-refractivity contribution in [2.45, 2.75) is 32.7 Å². The first-order chi connectivity index (χ1) is 14.2. The number of ether oxygens (including phenoxy) is 1. The summed E-state index contributed by atoms with van der Waals surface area (Å²) in [5, 5.41) is 7.24. The van der Waals surface area contributed by atoms with E-state index in [4.69, 9.17) is 4.74 Å². The maximum Gasteiger partial charge on any atom is 0.312 e. The Labute approximate surface area is 174 Å². The number of aromatic amines is 1. The minimum atomic E-state index is -3.15. The summed E-state index contributed by atoms with van der Waals surface area (Å²) >= 11 is 0. The quantitative estimate of drug-likeness (QED) is 0.634. The fraction of sp³-hybridized carbons (Fsp3) is 0.500. The van der Waals surface area contributed by atoms with Gasteiger partial charge >= 0.3 is 5.97 Å². The number of aromatic nitrogens is 2. The zero-order chi connectivity index (χ0) is 21.9. The Morgan fingerprint density at radius 3 is 2.60 bits per heavy atom. The number of hydrogen-bond donors (Lipinski definition) is 1. The molecule has 10 heteroatoms. The highest BCUT2D eigenvalue weighted by Gasteiger charge is 2.35. The molecule has 1 saturated heterocycles. The van der Waals surface area contributed by atoms with Gasteiger partial charge in [-0.1, -0.05) is 32.0 Å². The van der Waals surface area contributed by atoms with E-state index in [2.05, 4.69) is 10.2 Å². The summed E-state index contributed by atoms with van der Waals surface area (Å²) in [5.41, 5.74) is -0.00249. The second kappa shape index (κ2) is 8.95. The molecule has 0 bridgehead atoms. The van der Waals surface area contributed by atoms with Crippen LogP contribution in [0.15, 0.2) is 29.1 Å². The fourth-order valence-corrected chi connectivity index (χ4v) is 5.32. The van der Waals surface area contributed by atoms with E-state index in [-0.39, 0.29) is 29.4 Å². The number of H-pyrrole nitrogens is 1. The number of hydrogen-bond acceptors (Lipinski definition) is 7. The molecule has 1 N–H and O–H groups in total. The van der Waals surface area contributed by atoms with Crippen LogP contribution in [0.2, 0.25) is 0 Å². The molecule has 1 atom stereocenters. The molecule has 1 aliphatic rings. The van der Waals surface area contributed by atoms with Gasteiger partial charge in [-0.2, -0.15) is 5.10 Å². The molecule has 1 aromatic heterocycles. The van der Waals surface area contributed by atoms with Crippen LogP contribution >= 0.6 is 0 Å². The normalized spacial score (nSPS) is 17.9. The van der Waals surface area contributed by atoms with Crippen molar-refractivity contribution >= 4 is 32.5 Å². The molecule has 1 aliphatic heterocycles. The predicted molar refractivity (Wildman–Crippen MR) is 111 cm³/mol. The van der Waals surface area contributed by atoms with Crippen molar-refractivity contribution in [3.05, 3.63) is 40.3 Å². The van der Waals surface area contributed by atoms with Crippen molar-refractivity contribution in [2.75, 3.05) is 24.7 Å². The van der Waals surface area contributed by atoms with Crippen molar-refractivity contribution < 1.29 is 22.7 Å². The average molecular weight is 436 g/mol. The second-order valence-electron chi connectivity index (χ2n) is 7.88. The van der Waals surface area contributed by atoms with Crippen LogP contribution in [0, 0.1) is 5.92 Å². The third-order valence-electron chi connectivity index (χ3n) is 4.97. The minimum Gasteiger partial charge on any atom is -0.455 e. The van der Waals surface area contributed by atoms with Gasteiger partial charge in [-0.05, 0) is 18.4 Å². The molecular formula is C20H25N3O6S. The Balaban J connectivity index is 1.65. The summed E-state index contributed by atoms with van der Waals surface area (Å²) in [4.78, 5) is 38.3. The Hall–Kier alpha value is -2.75. The lowest BCUT2D eigenvalue weighted by Crippen LogP contribution is -2.45. The van der Waals surface area contributed by atoms with Crippen molar-refractivity contribution in [3.63, 3.8) is 0 Å². The Morgan fingerprint density at radius 2 is 1.97 bits per heavy atom. The first-order valence-electron chi connectivity index (χ1n) is 9.78. The van der Waals surface area contributed by atoms with Crippen molar-refractivity contribution in [3.8, 4) is 0 Å². The fourth-order valence-electron chi connectivity index (χ4n) is 3.59. The molecule has 1 fully saturated rings. The van der Waals surface area contributed by atoms with Gasteiger partial charge in [0.2, 0.25) is 0 Å². The topological polar surface area (TPSA) is 126 Å². The van der Waals surface area contributed by atoms with Crippen LogP contribution in [0.4, 0.5) is 0 Å². The van der Waals surface area contributed by atoms with Gasteiger partial charge in [-0.15, -0.1) is 0 Å². The maximum atomic E-state index is 12.7. The van der Waals surface area contributed by atoms with E-state index in [1.165, 1.54) is 4.90 Å². The van der Waals surface area contributed by atoms with Gasteiger partial charge < -0.3 is 9.64 Å². The number of rotatable bonds is 7. The third kappa shape index (κ3) is 5.24. The minimum absolute atomic E-state index is 0.0598. The van der Waals surface area contributed by atoms with E-state index >= 15 is 0 Å². The molecule has 3 rings (SSSR count). The lowest BCUT2D eigenvalue weighted by Gasteiger charge is -2.29. The van der Waals surface area contributed by atoms with Crippen molar-refractivity contribution in [2.24, 2.45) is 5.92 Å². The number of sulfone groups is 1. The van der Waals surface area contributed by atoms with E-state index in [0.717, 1.165) is 0 Å². The molecule has 0 unspecified atom stereocenters. The van der Waals surface area contributed by atoms with Crippen LogP contribution in [0.1, 0.15) is 26.0 Å². The molecule has 30 heavy (non-hydrogen) atoms. The van der Waals surface area contributed by atoms with Crippen molar-refractivity contribution in [1.29, 1.82) is 0 Å². The summed E-state index contributed by atoms with van der Waals surface area (Å²) in [5.74, 6) is -0.934. The summed E-state index contributed by atoms with van der Waals surface area (Å²) in [6.45, 7) is 3.79. The number of carbonyl (C=O) groups excluding carboxylic acids is 2. The van der Waals surface area contributed by atoms with Gasteiger partial charge in [0.25, 0.3) is 11.5 Å². The number of fused-ring (bicyclic) bond motifs is 1. The summed E-state index contributed by atoms with van der Waals surface area (Å²) in [6, 6.07) is 6.38. The van der Waals surface area contributed by atoms with E-state index in [0.29, 0.717) is 29.4 Å². The van der Waals surface area contributed by atoms with E-state index in [9.17, 15) is 22.8 Å². The molecule has 162 valence electrons. The number of amides is 1. The van der Waals surface area contributed by atoms with Crippen LogP contribution < -0.4 is 5.56 Å². The smallest absolute Gasteiger partial charge is 0.312 e. The predicted octanol–water partition coefficient (Wildman–Crippen LogP) is 0.681. The number of esters is 1. The van der Waals surface area contributed by atoms with Crippen LogP contribution in [0.5, 0.6) is 0 Å². The van der Waals surface area contributed by atoms with Gasteiger partial charge in [0.1, 0.15) is 0 Å². The molecule has 1 aromatic carbocycles. The third-order valence-corrected chi connectivity index (χ3v) is 6.73. The van der Waals surface area contributed by atoms with E-state index < -0.39 is 34.4 Å². The van der Waals surface area contributed by atoms with Crippen LogP contribution in [0.25, 0.3) is 10.8 Å². The van der Waals surface area contributed by atoms with Crippen LogP contribution in [-0.2, 0) is 30.6 Å². The van der Waals surface area contributed by atoms with E-state index in [1.807, 2.05) is 13.8 Å². The number of nitrogens with zero attached hydrogens (tertiary/aromatic N) is 2. The first kappa shape index (κ1) is 21.9. The second-order valence-corrected chi connectivity index (χ2v) is 10.1. The monoisotopic (exact) mass is 435 g/mol. The summed E-state index contributed by atoms with van der Waals surface area (Å²) < 4.78 is 28.7. The van der Waals surface area contributed by atoms with Gasteiger partial charge in [-0.3, -0.25) is 14.4 Å². The average Bonchev–Trinajstić information content (AvgIpc) is 3.06. The zero-order valence-electron chi connectivity index (χ0n) is 17.0. The highest BCUT2D eigenvalue weighted by Crippen LogP contribution is 2.19. The molecule has 0 saturated carbocycles. The maximum absolute atomic E-state index is 12.7. The molecule has 2 heterocycles. The highest BCUT2D eigenvalue weighted by atomic mass is 32.2. The largest absolute Gasteiger partial charge is 0.455 e. The Kier molecular flexibility index (Phi) is 6.55. The van der Waals surface area contributed by atoms with E-state index in [1.54, 1.807) is 24.3 Å². The molecule has 1 amide bonds. The summed E-state index contributed by atoms with van der Waals surface area (Å²) in [7, 11) is -3.15. The lowest BCUT2D eigenvalue weighted by atomic mass is 10.1. The number of nitrogens with one attached hydrogen (secondary N) is 1. The molecule has 0 radical (unpaired) electrons. The lowest BCUT2D eigenvalue weighted by molar-refractivity contribution is -0.152. The summed E-state index contributed by atoms with van der Waals surface area (Å²) in [6.07, 6.45) is 0.189. The Morgan fingerprint density at radius 1 is 1.27 bits per heavy atom. The zero-order valence-corrected chi connectivity index (χ0v) is 17.8. The van der Waals surface area contributed by atoms with Gasteiger partial charge in [0.15, 0.2) is 16.4 Å². The molecule has 0 aliphatic carbocycles. The molecule has 0 spiro atoms. The molecule has 9 nitrogen and oxygen atoms in total. The van der Waals surface area contributed by atoms with Gasteiger partial charge in [0, 0.05) is 18.0 Å². The van der Waals surface area contributed by atoms with Crippen molar-refractivity contribution in [1.82, 2.24) is 15.1 Å². The van der Waals surface area contributed by atoms with Crippen LogP contribution in [-0.4, -0.2) is 66.1 Å². The van der Waals surface area contributed by atoms with Crippen LogP contribution in [0.3, 0.4) is 0 Å². The highest BCUT2D eigenvalue weighted by molar-refractivity contribution is 7.91. The first-order valence-corrected chi connectivity index (χ1v) is 11.6. The standard InChI is InChI=1S/C20H25N3O6S/c1-13(2)10-23(14-7-8-30(27,28)12-14)18(24)11-29-19(25)9-17-15-5-3-4-6-16(15)20(26)22-21-17/h3-6,13-14H,7-12H2,1-2H3,(H,22,26)/t14-/m0/s1. The number of benzene rings is 1. The molecular weight excluding hydrogens is 410 g/mol. The number of carbonyl (C=O) groups is 2. The SMILES string of the molecule is CC(C)CN(C(=O)COC(=O)Cc1n[nH]c(=O)c2ccccc12)[C@H]1CCS(=O)(=O)C1. The molecule has 2 aromatic rings.